The number of anilines is 1. The number of aromatic nitrogens is 1. The fourth-order valence-electron chi connectivity index (χ4n) is 2.49. The first kappa shape index (κ1) is 18.7. The van der Waals surface area contributed by atoms with E-state index in [0.717, 1.165) is 10.5 Å². The van der Waals surface area contributed by atoms with Gasteiger partial charge in [-0.2, -0.15) is 13.2 Å². The van der Waals surface area contributed by atoms with Crippen LogP contribution in [0.1, 0.15) is 5.56 Å². The molecule has 0 unspecified atom stereocenters. The van der Waals surface area contributed by atoms with Gasteiger partial charge in [0.2, 0.25) is 0 Å². The Balaban J connectivity index is 1.74. The smallest absolute Gasteiger partial charge is 0.310 e. The number of amides is 3. The molecular weight excluding hydrogens is 435 g/mol. The van der Waals surface area contributed by atoms with Crippen LogP contribution in [0.5, 0.6) is 0 Å². The zero-order chi connectivity index (χ0) is 18.9. The fraction of sp³-hybridized carbons (Fsp3) is 0.188. The third-order valence-electron chi connectivity index (χ3n) is 3.53. The van der Waals surface area contributed by atoms with Crippen molar-refractivity contribution in [3.05, 3.63) is 52.8 Å². The van der Waals surface area contributed by atoms with Gasteiger partial charge in [0.15, 0.2) is 0 Å². The molecule has 1 aromatic heterocycles. The fourth-order valence-corrected chi connectivity index (χ4v) is 3.44. The van der Waals surface area contributed by atoms with E-state index >= 15 is 0 Å². The molecule has 3 rings (SSSR count). The highest BCUT2D eigenvalue weighted by atomic mass is 79.9. The minimum atomic E-state index is -4.39. The summed E-state index contributed by atoms with van der Waals surface area (Å²) in [6.45, 7) is 0.127. The van der Waals surface area contributed by atoms with Gasteiger partial charge in [0.05, 0.1) is 5.69 Å². The van der Waals surface area contributed by atoms with Gasteiger partial charge in [-0.05, 0) is 69.7 Å². The standard InChI is InChI=1S/C16H11BrF3N3O2S/c17-13-7-10(5-6-21-13)8-22-9-14(24)23(15(22)25)11-1-3-12(4-2-11)26-16(18,19)20/h1-7H,8-9H2. The van der Waals surface area contributed by atoms with Gasteiger partial charge in [-0.15, -0.1) is 0 Å². The van der Waals surface area contributed by atoms with Crippen LogP contribution >= 0.6 is 27.7 Å². The predicted molar refractivity (Wildman–Crippen MR) is 93.6 cm³/mol. The highest BCUT2D eigenvalue weighted by Gasteiger charge is 2.37. The minimum Gasteiger partial charge on any atom is -0.310 e. The van der Waals surface area contributed by atoms with E-state index in [1.807, 2.05) is 0 Å². The van der Waals surface area contributed by atoms with Crippen LogP contribution in [0.25, 0.3) is 0 Å². The maximum absolute atomic E-state index is 12.5. The molecule has 0 bridgehead atoms. The molecule has 3 amide bonds. The number of nitrogens with zero attached hydrogens (tertiary/aromatic N) is 3. The van der Waals surface area contributed by atoms with Crippen LogP contribution in [0, 0.1) is 0 Å². The van der Waals surface area contributed by atoms with Crippen molar-refractivity contribution >= 4 is 45.3 Å². The Morgan fingerprint density at radius 1 is 1.15 bits per heavy atom. The molecule has 1 aromatic carbocycles. The Labute approximate surface area is 159 Å². The third-order valence-corrected chi connectivity index (χ3v) is 4.70. The first-order chi connectivity index (χ1) is 12.2. The Morgan fingerprint density at radius 2 is 1.85 bits per heavy atom. The van der Waals surface area contributed by atoms with E-state index < -0.39 is 17.4 Å². The number of benzene rings is 1. The number of carbonyl (C=O) groups is 2. The molecule has 0 aliphatic carbocycles. The summed E-state index contributed by atoms with van der Waals surface area (Å²) in [6, 6.07) is 8.08. The highest BCUT2D eigenvalue weighted by Crippen LogP contribution is 2.37. The summed E-state index contributed by atoms with van der Waals surface area (Å²) >= 11 is 2.99. The van der Waals surface area contributed by atoms with Crippen LogP contribution < -0.4 is 4.90 Å². The van der Waals surface area contributed by atoms with Crippen LogP contribution in [-0.2, 0) is 11.3 Å². The molecule has 1 aliphatic heterocycles. The Bertz CT molecular complexity index is 845. The number of hydrogen-bond acceptors (Lipinski definition) is 4. The molecule has 1 saturated heterocycles. The van der Waals surface area contributed by atoms with Gasteiger partial charge in [-0.25, -0.2) is 14.7 Å². The van der Waals surface area contributed by atoms with Crippen molar-refractivity contribution in [2.75, 3.05) is 11.4 Å². The van der Waals surface area contributed by atoms with Crippen molar-refractivity contribution in [3.63, 3.8) is 0 Å². The summed E-state index contributed by atoms with van der Waals surface area (Å²) in [5, 5.41) is 0. The van der Waals surface area contributed by atoms with Crippen molar-refractivity contribution in [1.82, 2.24) is 9.88 Å². The van der Waals surface area contributed by atoms with E-state index in [9.17, 15) is 22.8 Å². The maximum Gasteiger partial charge on any atom is 0.446 e. The molecule has 5 nitrogen and oxygen atoms in total. The second kappa shape index (κ2) is 7.28. The Kier molecular flexibility index (Phi) is 5.24. The zero-order valence-corrected chi connectivity index (χ0v) is 15.4. The van der Waals surface area contributed by atoms with E-state index in [-0.39, 0.29) is 35.4 Å². The normalized spacial score (nSPS) is 15.1. The molecule has 2 aromatic rings. The van der Waals surface area contributed by atoms with Gasteiger partial charge in [0, 0.05) is 17.6 Å². The molecule has 2 heterocycles. The van der Waals surface area contributed by atoms with Crippen molar-refractivity contribution in [2.24, 2.45) is 0 Å². The molecule has 136 valence electrons. The topological polar surface area (TPSA) is 53.5 Å². The van der Waals surface area contributed by atoms with E-state index in [4.69, 9.17) is 0 Å². The van der Waals surface area contributed by atoms with Gasteiger partial charge in [0.25, 0.3) is 5.91 Å². The minimum absolute atomic E-state index is 0.0150. The van der Waals surface area contributed by atoms with Crippen molar-refractivity contribution < 1.29 is 22.8 Å². The molecule has 10 heteroatoms. The quantitative estimate of drug-likeness (QED) is 0.397. The Hall–Kier alpha value is -2.07. The van der Waals surface area contributed by atoms with E-state index in [2.05, 4.69) is 20.9 Å². The van der Waals surface area contributed by atoms with Crippen molar-refractivity contribution in [3.8, 4) is 0 Å². The van der Waals surface area contributed by atoms with Gasteiger partial charge in [-0.3, -0.25) is 4.79 Å². The molecule has 0 N–H and O–H groups in total. The van der Waals surface area contributed by atoms with Crippen LogP contribution in [0.4, 0.5) is 23.7 Å². The van der Waals surface area contributed by atoms with Crippen LogP contribution in [0.15, 0.2) is 52.1 Å². The molecular formula is C16H11BrF3N3O2S. The molecule has 26 heavy (non-hydrogen) atoms. The lowest BCUT2D eigenvalue weighted by Crippen LogP contribution is -2.32. The molecule has 0 saturated carbocycles. The number of pyridine rings is 1. The first-order valence-electron chi connectivity index (χ1n) is 7.31. The molecule has 1 fully saturated rings. The van der Waals surface area contributed by atoms with E-state index in [0.29, 0.717) is 4.60 Å². The SMILES string of the molecule is O=C1CN(Cc2ccnc(Br)c2)C(=O)N1c1ccc(SC(F)(F)F)cc1. The lowest BCUT2D eigenvalue weighted by molar-refractivity contribution is -0.116. The number of halogens is 4. The van der Waals surface area contributed by atoms with Crippen LogP contribution in [0.2, 0.25) is 0 Å². The van der Waals surface area contributed by atoms with Gasteiger partial charge >= 0.3 is 11.5 Å². The number of urea groups is 1. The second-order valence-corrected chi connectivity index (χ2v) is 7.35. The monoisotopic (exact) mass is 445 g/mol. The Morgan fingerprint density at radius 3 is 2.46 bits per heavy atom. The van der Waals surface area contributed by atoms with Gasteiger partial charge in [-0.1, -0.05) is 0 Å². The highest BCUT2D eigenvalue weighted by molar-refractivity contribution is 9.10. The molecule has 0 spiro atoms. The van der Waals surface area contributed by atoms with E-state index in [1.165, 1.54) is 29.2 Å². The maximum atomic E-state index is 12.5. The first-order valence-corrected chi connectivity index (χ1v) is 8.92. The molecule has 0 atom stereocenters. The van der Waals surface area contributed by atoms with E-state index in [1.54, 1.807) is 18.3 Å². The van der Waals surface area contributed by atoms with Crippen LogP contribution in [-0.4, -0.2) is 33.9 Å². The number of thioether (sulfide) groups is 1. The van der Waals surface area contributed by atoms with Crippen molar-refractivity contribution in [2.45, 2.75) is 16.9 Å². The summed E-state index contributed by atoms with van der Waals surface area (Å²) in [7, 11) is 0. The predicted octanol–water partition coefficient (Wildman–Crippen LogP) is 4.42. The molecule has 0 radical (unpaired) electrons. The number of imide groups is 1. The number of hydrogen-bond donors (Lipinski definition) is 0. The lowest BCUT2D eigenvalue weighted by Gasteiger charge is -2.17. The van der Waals surface area contributed by atoms with Gasteiger partial charge < -0.3 is 4.90 Å². The number of alkyl halides is 3. The number of carbonyl (C=O) groups excluding carboxylic acids is 2. The van der Waals surface area contributed by atoms with Crippen molar-refractivity contribution in [1.29, 1.82) is 0 Å². The second-order valence-electron chi connectivity index (χ2n) is 5.40. The van der Waals surface area contributed by atoms with Crippen LogP contribution in [0.3, 0.4) is 0 Å². The third kappa shape index (κ3) is 4.36. The average Bonchev–Trinajstić information content (AvgIpc) is 2.81. The number of rotatable bonds is 4. The largest absolute Gasteiger partial charge is 0.446 e. The summed E-state index contributed by atoms with van der Waals surface area (Å²) in [5.74, 6) is -0.431. The summed E-state index contributed by atoms with van der Waals surface area (Å²) < 4.78 is 37.8. The summed E-state index contributed by atoms with van der Waals surface area (Å²) in [5.41, 5.74) is -3.35. The summed E-state index contributed by atoms with van der Waals surface area (Å²) in [6.07, 6.45) is 1.58. The summed E-state index contributed by atoms with van der Waals surface area (Å²) in [4.78, 5) is 31.1. The average molecular weight is 446 g/mol. The zero-order valence-electron chi connectivity index (χ0n) is 13.0. The molecule has 1 aliphatic rings. The lowest BCUT2D eigenvalue weighted by atomic mass is 10.2. The van der Waals surface area contributed by atoms with Gasteiger partial charge in [0.1, 0.15) is 11.1 Å².